The van der Waals surface area contributed by atoms with Crippen LogP contribution in [0.15, 0.2) is 35.7 Å². The third kappa shape index (κ3) is 3.57. The molecule has 1 atom stereocenters. The van der Waals surface area contributed by atoms with E-state index in [1.54, 1.807) is 19.2 Å². The zero-order chi connectivity index (χ0) is 16.2. The highest BCUT2D eigenvalue weighted by molar-refractivity contribution is 7.10. The molecule has 1 aliphatic heterocycles. The summed E-state index contributed by atoms with van der Waals surface area (Å²) in [4.78, 5) is 16.3. The first kappa shape index (κ1) is 16.0. The lowest BCUT2D eigenvalue weighted by atomic mass is 10.1. The maximum Gasteiger partial charge on any atom is 0.255 e. The minimum atomic E-state index is -0.0810. The van der Waals surface area contributed by atoms with Crippen LogP contribution in [0.5, 0.6) is 5.75 Å². The molecule has 0 saturated carbocycles. The maximum absolute atomic E-state index is 12.4. The summed E-state index contributed by atoms with van der Waals surface area (Å²) >= 11 is 1.85. The number of carbonyl (C=O) groups is 1. The molecule has 5 heteroatoms. The summed E-state index contributed by atoms with van der Waals surface area (Å²) in [7, 11) is 1.58. The molecule has 1 aliphatic rings. The van der Waals surface area contributed by atoms with Gasteiger partial charge in [0.15, 0.2) is 0 Å². The summed E-state index contributed by atoms with van der Waals surface area (Å²) in [5.74, 6) is 0.529. The van der Waals surface area contributed by atoms with E-state index >= 15 is 0 Å². The normalized spacial score (nSPS) is 15.7. The quantitative estimate of drug-likeness (QED) is 0.916. The van der Waals surface area contributed by atoms with Crippen molar-refractivity contribution in [2.45, 2.75) is 25.9 Å². The number of carbonyl (C=O) groups excluding carboxylic acids is 1. The van der Waals surface area contributed by atoms with Crippen molar-refractivity contribution < 1.29 is 9.53 Å². The molecule has 122 valence electrons. The smallest absolute Gasteiger partial charge is 0.255 e. The molecule has 0 fully saturated rings. The second kappa shape index (κ2) is 7.15. The van der Waals surface area contributed by atoms with Crippen LogP contribution in [-0.4, -0.2) is 37.0 Å². The number of thiophene rings is 1. The van der Waals surface area contributed by atoms with Gasteiger partial charge in [-0.15, -0.1) is 11.3 Å². The Bertz CT molecular complexity index is 683. The van der Waals surface area contributed by atoms with Gasteiger partial charge in [0.2, 0.25) is 0 Å². The third-order valence-electron chi connectivity index (χ3n) is 4.37. The minimum absolute atomic E-state index is 0.0810. The predicted molar refractivity (Wildman–Crippen MR) is 93.2 cm³/mol. The van der Waals surface area contributed by atoms with E-state index < -0.39 is 0 Å². The van der Waals surface area contributed by atoms with Crippen molar-refractivity contribution >= 4 is 17.2 Å². The van der Waals surface area contributed by atoms with Crippen molar-refractivity contribution in [2.24, 2.45) is 0 Å². The van der Waals surface area contributed by atoms with Crippen LogP contribution < -0.4 is 10.1 Å². The number of hydrogen-bond acceptors (Lipinski definition) is 4. The highest BCUT2D eigenvalue weighted by atomic mass is 32.1. The lowest BCUT2D eigenvalue weighted by molar-refractivity contribution is 0.0929. The van der Waals surface area contributed by atoms with Gasteiger partial charge in [0, 0.05) is 30.6 Å². The molecular formula is C18H22N2O2S. The molecule has 1 amide bonds. The summed E-state index contributed by atoms with van der Waals surface area (Å²) in [6.07, 6.45) is 1.11. The SMILES string of the molecule is COc1ccccc1C(=O)NCC(C)N1CCc2sccc2C1. The largest absolute Gasteiger partial charge is 0.496 e. The Morgan fingerprint density at radius 3 is 3.04 bits per heavy atom. The van der Waals surface area contributed by atoms with E-state index in [1.165, 1.54) is 10.4 Å². The zero-order valence-corrected chi connectivity index (χ0v) is 14.4. The van der Waals surface area contributed by atoms with Crippen LogP contribution >= 0.6 is 11.3 Å². The van der Waals surface area contributed by atoms with Crippen LogP contribution in [0.3, 0.4) is 0 Å². The number of nitrogens with one attached hydrogen (secondary N) is 1. The van der Waals surface area contributed by atoms with Gasteiger partial charge in [-0.2, -0.15) is 0 Å². The van der Waals surface area contributed by atoms with Gasteiger partial charge in [0.05, 0.1) is 12.7 Å². The number of nitrogens with zero attached hydrogens (tertiary/aromatic N) is 1. The molecule has 0 radical (unpaired) electrons. The van der Waals surface area contributed by atoms with E-state index in [9.17, 15) is 4.79 Å². The number of amides is 1. The molecule has 23 heavy (non-hydrogen) atoms. The molecule has 1 aromatic heterocycles. The van der Waals surface area contributed by atoms with Crippen LogP contribution in [0.4, 0.5) is 0 Å². The summed E-state index contributed by atoms with van der Waals surface area (Å²) in [6.45, 7) is 4.83. The molecule has 0 aliphatic carbocycles. The first-order valence-electron chi connectivity index (χ1n) is 7.89. The number of methoxy groups -OCH3 is 1. The third-order valence-corrected chi connectivity index (χ3v) is 5.39. The zero-order valence-electron chi connectivity index (χ0n) is 13.5. The highest BCUT2D eigenvalue weighted by Crippen LogP contribution is 2.25. The Balaban J connectivity index is 1.57. The van der Waals surface area contributed by atoms with E-state index in [1.807, 2.05) is 23.5 Å². The van der Waals surface area contributed by atoms with Crippen molar-refractivity contribution in [3.63, 3.8) is 0 Å². The van der Waals surface area contributed by atoms with Crippen LogP contribution in [0, 0.1) is 0 Å². The topological polar surface area (TPSA) is 41.6 Å². The van der Waals surface area contributed by atoms with Crippen molar-refractivity contribution in [1.82, 2.24) is 10.2 Å². The number of ether oxygens (including phenoxy) is 1. The first-order valence-corrected chi connectivity index (χ1v) is 8.77. The van der Waals surface area contributed by atoms with Crippen LogP contribution in [0.1, 0.15) is 27.7 Å². The average Bonchev–Trinajstić information content (AvgIpc) is 3.06. The first-order chi connectivity index (χ1) is 11.2. The maximum atomic E-state index is 12.4. The molecule has 1 unspecified atom stereocenters. The summed E-state index contributed by atoms with van der Waals surface area (Å²) < 4.78 is 5.25. The van der Waals surface area contributed by atoms with Gasteiger partial charge in [0.1, 0.15) is 5.75 Å². The molecule has 0 spiro atoms. The lowest BCUT2D eigenvalue weighted by Crippen LogP contribution is -2.44. The molecule has 0 bridgehead atoms. The van der Waals surface area contributed by atoms with Gasteiger partial charge >= 0.3 is 0 Å². The molecule has 4 nitrogen and oxygen atoms in total. The summed E-state index contributed by atoms with van der Waals surface area (Å²) in [5.41, 5.74) is 2.02. The Labute approximate surface area is 141 Å². The minimum Gasteiger partial charge on any atom is -0.496 e. The van der Waals surface area contributed by atoms with Crippen molar-refractivity contribution in [3.8, 4) is 5.75 Å². The predicted octanol–water partition coefficient (Wildman–Crippen LogP) is 2.93. The number of para-hydroxylation sites is 1. The second-order valence-corrected chi connectivity index (χ2v) is 6.85. The molecule has 1 aromatic carbocycles. The number of rotatable bonds is 5. The molecule has 0 saturated heterocycles. The fourth-order valence-electron chi connectivity index (χ4n) is 2.94. The monoisotopic (exact) mass is 330 g/mol. The van der Waals surface area contributed by atoms with Gasteiger partial charge in [-0.1, -0.05) is 12.1 Å². The van der Waals surface area contributed by atoms with E-state index in [-0.39, 0.29) is 5.91 Å². The van der Waals surface area contributed by atoms with Crippen molar-refractivity contribution in [2.75, 3.05) is 20.2 Å². The molecule has 1 N–H and O–H groups in total. The van der Waals surface area contributed by atoms with Gasteiger partial charge in [-0.25, -0.2) is 0 Å². The lowest BCUT2D eigenvalue weighted by Gasteiger charge is -2.32. The van der Waals surface area contributed by atoms with Gasteiger partial charge < -0.3 is 10.1 Å². The van der Waals surface area contributed by atoms with Gasteiger partial charge in [0.25, 0.3) is 5.91 Å². The van der Waals surface area contributed by atoms with Gasteiger partial charge in [-0.3, -0.25) is 9.69 Å². The Morgan fingerprint density at radius 1 is 1.39 bits per heavy atom. The van der Waals surface area contributed by atoms with E-state index in [2.05, 4.69) is 28.6 Å². The Morgan fingerprint density at radius 2 is 2.22 bits per heavy atom. The molecule has 3 rings (SSSR count). The van der Waals surface area contributed by atoms with Crippen molar-refractivity contribution in [3.05, 3.63) is 51.7 Å². The number of benzene rings is 1. The highest BCUT2D eigenvalue weighted by Gasteiger charge is 2.22. The summed E-state index contributed by atoms with van der Waals surface area (Å²) in [6, 6.07) is 9.83. The molecule has 2 heterocycles. The van der Waals surface area contributed by atoms with E-state index in [4.69, 9.17) is 4.74 Å². The molecular weight excluding hydrogens is 308 g/mol. The number of hydrogen-bond donors (Lipinski definition) is 1. The van der Waals surface area contributed by atoms with Crippen molar-refractivity contribution in [1.29, 1.82) is 0 Å². The summed E-state index contributed by atoms with van der Waals surface area (Å²) in [5, 5.41) is 5.20. The standard InChI is InChI=1S/C18H22N2O2S/c1-13(20-9-7-17-14(12-20)8-10-23-17)11-19-18(21)15-5-3-4-6-16(15)22-2/h3-6,8,10,13H,7,9,11-12H2,1-2H3,(H,19,21). The van der Waals surface area contributed by atoms with E-state index in [0.29, 0.717) is 23.9 Å². The Kier molecular flexibility index (Phi) is 4.98. The van der Waals surface area contributed by atoms with E-state index in [0.717, 1.165) is 19.5 Å². The van der Waals surface area contributed by atoms with Crippen LogP contribution in [0.25, 0.3) is 0 Å². The average molecular weight is 330 g/mol. The fraction of sp³-hybridized carbons (Fsp3) is 0.389. The fourth-order valence-corrected chi connectivity index (χ4v) is 3.83. The van der Waals surface area contributed by atoms with Crippen LogP contribution in [0.2, 0.25) is 0 Å². The van der Waals surface area contributed by atoms with Crippen LogP contribution in [-0.2, 0) is 13.0 Å². The Hall–Kier alpha value is -1.85. The molecule has 2 aromatic rings. The van der Waals surface area contributed by atoms with Gasteiger partial charge in [-0.05, 0) is 42.5 Å². The number of fused-ring (bicyclic) bond motifs is 1. The second-order valence-electron chi connectivity index (χ2n) is 5.85.